The fourth-order valence-electron chi connectivity index (χ4n) is 1.91. The standard InChI is InChI=1S/C10H20N4S2/c1-4-6-13-7-5-8-14(13)10-11-9(12(2)3)15-16-10/h9H,4-8H2,1-3H3. The molecule has 16 heavy (non-hydrogen) atoms. The number of rotatable bonds is 3. The fraction of sp³-hybridized carbons (Fsp3) is 0.900. The number of hydrazine groups is 1. The summed E-state index contributed by atoms with van der Waals surface area (Å²) < 4.78 is 0. The zero-order chi connectivity index (χ0) is 11.5. The topological polar surface area (TPSA) is 22.1 Å². The highest BCUT2D eigenvalue weighted by Gasteiger charge is 2.30. The van der Waals surface area contributed by atoms with Gasteiger partial charge in [-0.3, -0.25) is 9.91 Å². The van der Waals surface area contributed by atoms with Crippen molar-refractivity contribution in [2.45, 2.75) is 25.3 Å². The summed E-state index contributed by atoms with van der Waals surface area (Å²) in [5.41, 5.74) is 0.282. The van der Waals surface area contributed by atoms with Gasteiger partial charge >= 0.3 is 0 Å². The zero-order valence-electron chi connectivity index (χ0n) is 10.2. The van der Waals surface area contributed by atoms with Gasteiger partial charge in [0.25, 0.3) is 0 Å². The van der Waals surface area contributed by atoms with Crippen molar-refractivity contribution < 1.29 is 0 Å². The van der Waals surface area contributed by atoms with Crippen LogP contribution < -0.4 is 0 Å². The third kappa shape index (κ3) is 2.67. The maximum Gasteiger partial charge on any atom is 0.187 e. The molecule has 1 saturated heterocycles. The summed E-state index contributed by atoms with van der Waals surface area (Å²) in [5, 5.41) is 5.99. The average molecular weight is 260 g/mol. The van der Waals surface area contributed by atoms with Crippen LogP contribution in [0.15, 0.2) is 4.99 Å². The lowest BCUT2D eigenvalue weighted by atomic mass is 10.4. The molecule has 2 heterocycles. The maximum atomic E-state index is 4.75. The first-order chi connectivity index (χ1) is 7.72. The summed E-state index contributed by atoms with van der Waals surface area (Å²) in [5.74, 6) is 0. The van der Waals surface area contributed by atoms with Gasteiger partial charge in [0.2, 0.25) is 0 Å². The van der Waals surface area contributed by atoms with Crippen LogP contribution in [0.3, 0.4) is 0 Å². The lowest BCUT2D eigenvalue weighted by Crippen LogP contribution is -2.39. The molecule has 0 saturated carbocycles. The summed E-state index contributed by atoms with van der Waals surface area (Å²) >= 11 is 0. The molecule has 6 heteroatoms. The highest BCUT2D eigenvalue weighted by Crippen LogP contribution is 2.39. The van der Waals surface area contributed by atoms with Crippen molar-refractivity contribution in [1.82, 2.24) is 14.9 Å². The first kappa shape index (κ1) is 12.5. The van der Waals surface area contributed by atoms with Gasteiger partial charge in [-0.15, -0.1) is 0 Å². The van der Waals surface area contributed by atoms with Gasteiger partial charge in [0.15, 0.2) is 10.7 Å². The summed E-state index contributed by atoms with van der Waals surface area (Å²) in [6.45, 7) is 5.70. The minimum atomic E-state index is 0.282. The van der Waals surface area contributed by atoms with E-state index in [4.69, 9.17) is 4.99 Å². The minimum Gasteiger partial charge on any atom is -0.283 e. The molecule has 0 amide bonds. The van der Waals surface area contributed by atoms with Crippen LogP contribution >= 0.6 is 21.6 Å². The van der Waals surface area contributed by atoms with Crippen molar-refractivity contribution >= 4 is 26.8 Å². The highest BCUT2D eigenvalue weighted by molar-refractivity contribution is 8.82. The molecule has 0 aliphatic carbocycles. The second-order valence-electron chi connectivity index (χ2n) is 4.31. The summed E-state index contributed by atoms with van der Waals surface area (Å²) in [6.07, 6.45) is 2.47. The zero-order valence-corrected chi connectivity index (χ0v) is 11.9. The smallest absolute Gasteiger partial charge is 0.187 e. The van der Waals surface area contributed by atoms with Crippen LogP contribution in [0.1, 0.15) is 19.8 Å². The first-order valence-electron chi connectivity index (χ1n) is 5.82. The van der Waals surface area contributed by atoms with E-state index in [1.165, 1.54) is 24.6 Å². The molecule has 0 spiro atoms. The van der Waals surface area contributed by atoms with Crippen molar-refractivity contribution in [2.24, 2.45) is 4.99 Å². The van der Waals surface area contributed by atoms with E-state index in [1.54, 1.807) is 0 Å². The molecule has 0 radical (unpaired) electrons. The number of hydrogen-bond acceptors (Lipinski definition) is 6. The molecule has 0 bridgehead atoms. The Bertz CT molecular complexity index is 270. The number of hydrogen-bond donors (Lipinski definition) is 0. The molecule has 4 nitrogen and oxygen atoms in total. The summed E-state index contributed by atoms with van der Waals surface area (Å²) in [7, 11) is 7.81. The van der Waals surface area contributed by atoms with Crippen molar-refractivity contribution in [2.75, 3.05) is 33.7 Å². The molecule has 0 N–H and O–H groups in total. The lowest BCUT2D eigenvalue weighted by Gasteiger charge is -2.28. The average Bonchev–Trinajstić information content (AvgIpc) is 2.84. The van der Waals surface area contributed by atoms with Gasteiger partial charge in [-0.05, 0) is 48.5 Å². The van der Waals surface area contributed by atoms with Gasteiger partial charge in [0.05, 0.1) is 0 Å². The normalized spacial score (nSPS) is 26.9. The highest BCUT2D eigenvalue weighted by atomic mass is 33.1. The second-order valence-corrected chi connectivity index (χ2v) is 6.53. The van der Waals surface area contributed by atoms with Crippen LogP contribution in [0.2, 0.25) is 0 Å². The Balaban J connectivity index is 1.99. The van der Waals surface area contributed by atoms with Crippen LogP contribution in [0.25, 0.3) is 0 Å². The van der Waals surface area contributed by atoms with Crippen molar-refractivity contribution in [3.63, 3.8) is 0 Å². The fourth-order valence-corrected chi connectivity index (χ4v) is 4.45. The molecule has 0 aromatic rings. The van der Waals surface area contributed by atoms with E-state index in [0.29, 0.717) is 0 Å². The Labute approximate surface area is 106 Å². The predicted molar refractivity (Wildman–Crippen MR) is 73.3 cm³/mol. The van der Waals surface area contributed by atoms with Gasteiger partial charge in [-0.2, -0.15) is 0 Å². The summed E-state index contributed by atoms with van der Waals surface area (Å²) in [6, 6.07) is 0. The maximum absolute atomic E-state index is 4.75. The van der Waals surface area contributed by atoms with Crippen molar-refractivity contribution in [1.29, 1.82) is 0 Å². The van der Waals surface area contributed by atoms with Crippen LogP contribution in [0.4, 0.5) is 0 Å². The van der Waals surface area contributed by atoms with E-state index >= 15 is 0 Å². The van der Waals surface area contributed by atoms with Gasteiger partial charge in [0, 0.05) is 19.6 Å². The van der Waals surface area contributed by atoms with Gasteiger partial charge < -0.3 is 0 Å². The molecular formula is C10H20N4S2. The molecule has 0 aromatic heterocycles. The number of nitrogens with zero attached hydrogens (tertiary/aromatic N) is 4. The van der Waals surface area contributed by atoms with Gasteiger partial charge in [-0.25, -0.2) is 10.0 Å². The molecular weight excluding hydrogens is 240 g/mol. The SMILES string of the molecule is CCCN1CCCN1C1=NC(N(C)C)SS1. The molecule has 1 atom stereocenters. The molecule has 2 aliphatic rings. The third-order valence-electron chi connectivity index (χ3n) is 2.70. The number of aliphatic imine (C=N–C) groups is 1. The Morgan fingerprint density at radius 1 is 1.44 bits per heavy atom. The van der Waals surface area contributed by atoms with E-state index in [-0.39, 0.29) is 5.50 Å². The van der Waals surface area contributed by atoms with E-state index in [2.05, 4.69) is 35.9 Å². The van der Waals surface area contributed by atoms with E-state index < -0.39 is 0 Å². The molecule has 1 unspecified atom stereocenters. The van der Waals surface area contributed by atoms with Gasteiger partial charge in [-0.1, -0.05) is 6.92 Å². The predicted octanol–water partition coefficient (Wildman–Crippen LogP) is 1.92. The third-order valence-corrected chi connectivity index (χ3v) is 5.21. The van der Waals surface area contributed by atoms with E-state index in [1.807, 2.05) is 21.6 Å². The Morgan fingerprint density at radius 3 is 2.88 bits per heavy atom. The lowest BCUT2D eigenvalue weighted by molar-refractivity contribution is 0.108. The Kier molecular flexibility index (Phi) is 4.41. The molecule has 2 aliphatic heterocycles. The van der Waals surface area contributed by atoms with Crippen LogP contribution in [0, 0.1) is 0 Å². The molecule has 0 aromatic carbocycles. The largest absolute Gasteiger partial charge is 0.283 e. The second kappa shape index (κ2) is 5.62. The Morgan fingerprint density at radius 2 is 2.25 bits per heavy atom. The minimum absolute atomic E-state index is 0.282. The van der Waals surface area contributed by atoms with Crippen LogP contribution in [0.5, 0.6) is 0 Å². The quantitative estimate of drug-likeness (QED) is 0.721. The number of amidine groups is 1. The van der Waals surface area contributed by atoms with Crippen molar-refractivity contribution in [3.8, 4) is 0 Å². The van der Waals surface area contributed by atoms with Crippen LogP contribution in [-0.2, 0) is 0 Å². The van der Waals surface area contributed by atoms with Crippen LogP contribution in [-0.4, -0.2) is 59.3 Å². The molecule has 2 rings (SSSR count). The van der Waals surface area contributed by atoms with E-state index in [0.717, 1.165) is 13.1 Å². The molecule has 1 fully saturated rings. The monoisotopic (exact) mass is 260 g/mol. The summed E-state index contributed by atoms with van der Waals surface area (Å²) in [4.78, 5) is 6.91. The first-order valence-corrected chi connectivity index (χ1v) is 8.03. The molecule has 92 valence electrons. The van der Waals surface area contributed by atoms with Gasteiger partial charge in [0.1, 0.15) is 0 Å². The van der Waals surface area contributed by atoms with Crippen molar-refractivity contribution in [3.05, 3.63) is 0 Å². The Hall–Kier alpha value is 0.0900. The van der Waals surface area contributed by atoms with E-state index in [9.17, 15) is 0 Å².